The van der Waals surface area contributed by atoms with Gasteiger partial charge in [0.2, 0.25) is 5.91 Å². The Bertz CT molecular complexity index is 163. The molecule has 0 atom stereocenters. The standard InChI is InChI=1S/C11H22BrNO/c1-4-5-6-7-8-9-13-10(14)11(2,3)12/h4-9H2,1-3H3,(H,13,14). The molecule has 3 heteroatoms. The smallest absolute Gasteiger partial charge is 0.236 e. The van der Waals surface area contributed by atoms with Gasteiger partial charge in [-0.2, -0.15) is 0 Å². The minimum atomic E-state index is -0.434. The Morgan fingerprint density at radius 3 is 2.29 bits per heavy atom. The Labute approximate surface area is 96.0 Å². The van der Waals surface area contributed by atoms with Crippen LogP contribution in [0.5, 0.6) is 0 Å². The van der Waals surface area contributed by atoms with Crippen LogP contribution in [0.3, 0.4) is 0 Å². The highest BCUT2D eigenvalue weighted by molar-refractivity contribution is 9.10. The first-order valence-corrected chi connectivity index (χ1v) is 6.25. The van der Waals surface area contributed by atoms with E-state index in [-0.39, 0.29) is 5.91 Å². The van der Waals surface area contributed by atoms with Crippen molar-refractivity contribution in [3.05, 3.63) is 0 Å². The van der Waals surface area contributed by atoms with Crippen molar-refractivity contribution >= 4 is 21.8 Å². The monoisotopic (exact) mass is 263 g/mol. The molecule has 14 heavy (non-hydrogen) atoms. The third-order valence-corrected chi connectivity index (χ3v) is 2.47. The summed E-state index contributed by atoms with van der Waals surface area (Å²) in [5.41, 5.74) is 0. The summed E-state index contributed by atoms with van der Waals surface area (Å²) >= 11 is 3.33. The number of alkyl halides is 1. The van der Waals surface area contributed by atoms with Gasteiger partial charge in [0.25, 0.3) is 0 Å². The molecular formula is C11H22BrNO. The molecule has 84 valence electrons. The lowest BCUT2D eigenvalue weighted by molar-refractivity contribution is -0.122. The van der Waals surface area contributed by atoms with E-state index in [1.165, 1.54) is 25.7 Å². The quantitative estimate of drug-likeness (QED) is 0.555. The van der Waals surface area contributed by atoms with Crippen LogP contribution < -0.4 is 5.32 Å². The van der Waals surface area contributed by atoms with Crippen LogP contribution in [0.2, 0.25) is 0 Å². The predicted molar refractivity (Wildman–Crippen MR) is 64.8 cm³/mol. The summed E-state index contributed by atoms with van der Waals surface area (Å²) in [6.07, 6.45) is 6.16. The molecule has 0 rings (SSSR count). The lowest BCUT2D eigenvalue weighted by Gasteiger charge is -2.15. The van der Waals surface area contributed by atoms with Gasteiger partial charge in [0.05, 0.1) is 4.32 Å². The maximum absolute atomic E-state index is 11.4. The average Bonchev–Trinajstić information content (AvgIpc) is 2.09. The molecule has 0 saturated carbocycles. The number of hydrogen-bond donors (Lipinski definition) is 1. The molecule has 0 spiro atoms. The lowest BCUT2D eigenvalue weighted by Crippen LogP contribution is -2.37. The summed E-state index contributed by atoms with van der Waals surface area (Å²) in [6.45, 7) is 6.73. The van der Waals surface area contributed by atoms with Crippen LogP contribution in [0, 0.1) is 0 Å². The van der Waals surface area contributed by atoms with Crippen LogP contribution in [0.1, 0.15) is 52.9 Å². The Balaban J connectivity index is 3.33. The van der Waals surface area contributed by atoms with E-state index in [4.69, 9.17) is 0 Å². The number of nitrogens with one attached hydrogen (secondary N) is 1. The van der Waals surface area contributed by atoms with E-state index in [9.17, 15) is 4.79 Å². The van der Waals surface area contributed by atoms with Gasteiger partial charge in [-0.25, -0.2) is 0 Å². The van der Waals surface area contributed by atoms with E-state index in [1.54, 1.807) is 0 Å². The molecule has 0 radical (unpaired) electrons. The second-order valence-corrected chi connectivity index (χ2v) is 6.13. The first-order chi connectivity index (χ1) is 6.48. The van der Waals surface area contributed by atoms with Crippen LogP contribution in [0.25, 0.3) is 0 Å². The normalized spacial score (nSPS) is 11.4. The summed E-state index contributed by atoms with van der Waals surface area (Å²) in [4.78, 5) is 11.4. The number of amides is 1. The molecule has 0 aromatic rings. The van der Waals surface area contributed by atoms with Gasteiger partial charge in [-0.1, -0.05) is 48.5 Å². The molecule has 2 nitrogen and oxygen atoms in total. The fraction of sp³-hybridized carbons (Fsp3) is 0.909. The van der Waals surface area contributed by atoms with E-state index < -0.39 is 4.32 Å². The fourth-order valence-electron chi connectivity index (χ4n) is 1.14. The van der Waals surface area contributed by atoms with Crippen molar-refractivity contribution in [1.82, 2.24) is 5.32 Å². The zero-order chi connectivity index (χ0) is 11.0. The maximum atomic E-state index is 11.4. The molecule has 0 heterocycles. The van der Waals surface area contributed by atoms with E-state index in [2.05, 4.69) is 28.2 Å². The highest BCUT2D eigenvalue weighted by Crippen LogP contribution is 2.15. The third-order valence-electron chi connectivity index (χ3n) is 2.11. The Kier molecular flexibility index (Phi) is 7.24. The Hall–Kier alpha value is -0.0500. The van der Waals surface area contributed by atoms with Crippen LogP contribution in [0.15, 0.2) is 0 Å². The summed E-state index contributed by atoms with van der Waals surface area (Å²) in [5.74, 6) is 0.0768. The minimum absolute atomic E-state index is 0.0768. The van der Waals surface area contributed by atoms with Gasteiger partial charge in [-0.15, -0.1) is 0 Å². The fourth-order valence-corrected chi connectivity index (χ4v) is 1.28. The Morgan fingerprint density at radius 1 is 1.21 bits per heavy atom. The van der Waals surface area contributed by atoms with Gasteiger partial charge in [-0.05, 0) is 20.3 Å². The van der Waals surface area contributed by atoms with Gasteiger partial charge >= 0.3 is 0 Å². The van der Waals surface area contributed by atoms with Gasteiger partial charge in [0.15, 0.2) is 0 Å². The first kappa shape index (κ1) is 13.9. The number of rotatable bonds is 7. The molecule has 0 aliphatic rings. The lowest BCUT2D eigenvalue weighted by atomic mass is 10.1. The second kappa shape index (κ2) is 7.27. The van der Waals surface area contributed by atoms with Crippen LogP contribution in [-0.2, 0) is 4.79 Å². The second-order valence-electron chi connectivity index (χ2n) is 4.14. The van der Waals surface area contributed by atoms with Crippen molar-refractivity contribution in [3.63, 3.8) is 0 Å². The maximum Gasteiger partial charge on any atom is 0.236 e. The van der Waals surface area contributed by atoms with Gasteiger partial charge in [-0.3, -0.25) is 4.79 Å². The van der Waals surface area contributed by atoms with Crippen LogP contribution in [-0.4, -0.2) is 16.8 Å². The molecule has 0 aromatic heterocycles. The van der Waals surface area contributed by atoms with E-state index in [0.29, 0.717) is 0 Å². The van der Waals surface area contributed by atoms with Crippen LogP contribution >= 0.6 is 15.9 Å². The number of carbonyl (C=O) groups excluding carboxylic acids is 1. The molecule has 0 fully saturated rings. The third kappa shape index (κ3) is 7.36. The van der Waals surface area contributed by atoms with Gasteiger partial charge < -0.3 is 5.32 Å². The minimum Gasteiger partial charge on any atom is -0.355 e. The average molecular weight is 264 g/mol. The topological polar surface area (TPSA) is 29.1 Å². The van der Waals surface area contributed by atoms with Gasteiger partial charge in [0.1, 0.15) is 0 Å². The zero-order valence-electron chi connectivity index (χ0n) is 9.53. The van der Waals surface area contributed by atoms with Crippen molar-refractivity contribution < 1.29 is 4.79 Å². The number of halogens is 1. The van der Waals surface area contributed by atoms with Crippen molar-refractivity contribution in [1.29, 1.82) is 0 Å². The summed E-state index contributed by atoms with van der Waals surface area (Å²) < 4.78 is -0.434. The largest absolute Gasteiger partial charge is 0.355 e. The van der Waals surface area contributed by atoms with Gasteiger partial charge in [0, 0.05) is 6.54 Å². The van der Waals surface area contributed by atoms with Crippen molar-refractivity contribution in [2.75, 3.05) is 6.54 Å². The highest BCUT2D eigenvalue weighted by Gasteiger charge is 2.22. The molecule has 0 bridgehead atoms. The van der Waals surface area contributed by atoms with E-state index in [1.807, 2.05) is 13.8 Å². The molecular weight excluding hydrogens is 242 g/mol. The molecule has 1 amide bonds. The summed E-state index contributed by atoms with van der Waals surface area (Å²) in [5, 5.41) is 2.91. The molecule has 0 aliphatic heterocycles. The molecule has 1 N–H and O–H groups in total. The molecule has 0 aromatic carbocycles. The SMILES string of the molecule is CCCCCCCNC(=O)C(C)(C)Br. The summed E-state index contributed by atoms with van der Waals surface area (Å²) in [7, 11) is 0. The van der Waals surface area contributed by atoms with E-state index >= 15 is 0 Å². The van der Waals surface area contributed by atoms with Crippen molar-refractivity contribution in [2.45, 2.75) is 57.2 Å². The zero-order valence-corrected chi connectivity index (χ0v) is 11.1. The first-order valence-electron chi connectivity index (χ1n) is 5.45. The molecule has 0 saturated heterocycles. The van der Waals surface area contributed by atoms with E-state index in [0.717, 1.165) is 13.0 Å². The highest BCUT2D eigenvalue weighted by atomic mass is 79.9. The molecule has 0 unspecified atom stereocenters. The number of unbranched alkanes of at least 4 members (excludes halogenated alkanes) is 4. The molecule has 0 aliphatic carbocycles. The van der Waals surface area contributed by atoms with Crippen LogP contribution in [0.4, 0.5) is 0 Å². The van der Waals surface area contributed by atoms with Crippen molar-refractivity contribution in [2.24, 2.45) is 0 Å². The van der Waals surface area contributed by atoms with Crippen molar-refractivity contribution in [3.8, 4) is 0 Å². The number of carbonyl (C=O) groups is 1. The predicted octanol–water partition coefficient (Wildman–Crippen LogP) is 3.25. The summed E-state index contributed by atoms with van der Waals surface area (Å²) in [6, 6.07) is 0. The Morgan fingerprint density at radius 2 is 1.79 bits per heavy atom. The number of hydrogen-bond acceptors (Lipinski definition) is 1.